The number of nitrogens with two attached hydrogens (primary N) is 1. The molecule has 0 saturated heterocycles. The van der Waals surface area contributed by atoms with Crippen molar-refractivity contribution in [2.45, 2.75) is 18.6 Å². The lowest BCUT2D eigenvalue weighted by atomic mass is 9.98. The highest BCUT2D eigenvalue weighted by Crippen LogP contribution is 2.41. The average molecular weight is 217 g/mol. The van der Waals surface area contributed by atoms with Crippen molar-refractivity contribution in [2.24, 2.45) is 5.73 Å². The first kappa shape index (κ1) is 10.3. The summed E-state index contributed by atoms with van der Waals surface area (Å²) in [6.45, 7) is 0.237. The number of alkyl halides is 3. The van der Waals surface area contributed by atoms with Crippen LogP contribution in [-0.2, 0) is 6.18 Å². The van der Waals surface area contributed by atoms with Gasteiger partial charge in [-0.1, -0.05) is 12.1 Å². The Bertz CT molecular complexity index is 375. The van der Waals surface area contributed by atoms with Crippen LogP contribution in [0.4, 0.5) is 13.2 Å². The number of ether oxygens (including phenoxy) is 1. The lowest BCUT2D eigenvalue weighted by molar-refractivity contribution is -0.139. The van der Waals surface area contributed by atoms with E-state index in [1.807, 2.05) is 0 Å². The molecule has 0 bridgehead atoms. The van der Waals surface area contributed by atoms with Crippen LogP contribution in [0.5, 0.6) is 5.75 Å². The molecule has 0 fully saturated rings. The average Bonchev–Trinajstić information content (AvgIpc) is 2.16. The second-order valence-electron chi connectivity index (χ2n) is 3.47. The molecule has 1 heterocycles. The lowest BCUT2D eigenvalue weighted by Gasteiger charge is -2.25. The van der Waals surface area contributed by atoms with Gasteiger partial charge in [-0.2, -0.15) is 13.2 Å². The van der Waals surface area contributed by atoms with Gasteiger partial charge in [-0.3, -0.25) is 0 Å². The zero-order chi connectivity index (χ0) is 11.1. The molecule has 1 atom stereocenters. The summed E-state index contributed by atoms with van der Waals surface area (Å²) in [6.07, 6.45) is -3.84. The zero-order valence-electron chi connectivity index (χ0n) is 7.84. The summed E-state index contributed by atoms with van der Waals surface area (Å²) < 4.78 is 42.8. The van der Waals surface area contributed by atoms with Crippen molar-refractivity contribution < 1.29 is 17.9 Å². The van der Waals surface area contributed by atoms with Crippen molar-refractivity contribution in [3.8, 4) is 5.75 Å². The van der Waals surface area contributed by atoms with Crippen molar-refractivity contribution in [3.63, 3.8) is 0 Å². The highest BCUT2D eigenvalue weighted by Gasteiger charge is 2.36. The number of hydrogen-bond donors (Lipinski definition) is 1. The molecule has 0 saturated carbocycles. The largest absolute Gasteiger partial charge is 0.493 e. The lowest BCUT2D eigenvalue weighted by Crippen LogP contribution is -2.23. The Morgan fingerprint density at radius 1 is 1.33 bits per heavy atom. The third-order valence-electron chi connectivity index (χ3n) is 2.43. The molecule has 1 aliphatic rings. The molecule has 1 aromatic rings. The minimum atomic E-state index is -4.39. The van der Waals surface area contributed by atoms with Crippen LogP contribution in [0.1, 0.15) is 23.6 Å². The number of hydrogen-bond acceptors (Lipinski definition) is 2. The van der Waals surface area contributed by atoms with Gasteiger partial charge in [-0.05, 0) is 6.07 Å². The molecule has 82 valence electrons. The van der Waals surface area contributed by atoms with E-state index in [-0.39, 0.29) is 18.4 Å². The zero-order valence-corrected chi connectivity index (χ0v) is 7.84. The minimum Gasteiger partial charge on any atom is -0.493 e. The van der Waals surface area contributed by atoms with Gasteiger partial charge < -0.3 is 10.5 Å². The molecule has 2 nitrogen and oxygen atoms in total. The Morgan fingerprint density at radius 3 is 2.73 bits per heavy atom. The molecular formula is C10H10F3NO. The predicted molar refractivity (Wildman–Crippen MR) is 48.5 cm³/mol. The summed E-state index contributed by atoms with van der Waals surface area (Å²) in [4.78, 5) is 0. The van der Waals surface area contributed by atoms with Crippen LogP contribution in [-0.4, -0.2) is 6.61 Å². The molecule has 15 heavy (non-hydrogen) atoms. The van der Waals surface area contributed by atoms with Crippen LogP contribution in [0, 0.1) is 0 Å². The molecule has 0 aromatic heterocycles. The third kappa shape index (κ3) is 1.79. The van der Waals surface area contributed by atoms with Crippen LogP contribution in [0.3, 0.4) is 0 Å². The van der Waals surface area contributed by atoms with Gasteiger partial charge in [0.1, 0.15) is 5.75 Å². The molecule has 5 heteroatoms. The summed E-state index contributed by atoms with van der Waals surface area (Å²) in [7, 11) is 0. The van der Waals surface area contributed by atoms with Crippen LogP contribution in [0.2, 0.25) is 0 Å². The predicted octanol–water partition coefficient (Wildman–Crippen LogP) is 2.49. The van der Waals surface area contributed by atoms with E-state index in [0.29, 0.717) is 12.0 Å². The Balaban J connectivity index is 2.54. The Hall–Kier alpha value is -1.23. The van der Waals surface area contributed by atoms with Crippen molar-refractivity contribution in [1.82, 2.24) is 0 Å². The Morgan fingerprint density at radius 2 is 2.07 bits per heavy atom. The molecule has 0 spiro atoms. The molecule has 0 aliphatic carbocycles. The molecule has 1 aliphatic heterocycles. The standard InChI is InChI=1S/C10H10F3NO/c11-10(12,13)7-3-1-2-6-8(14)4-5-15-9(6)7/h1-3,8H,4-5,14H2. The molecule has 0 radical (unpaired) electrons. The topological polar surface area (TPSA) is 35.2 Å². The van der Waals surface area contributed by atoms with Crippen LogP contribution < -0.4 is 10.5 Å². The molecule has 2 N–H and O–H groups in total. The molecule has 2 rings (SSSR count). The van der Waals surface area contributed by atoms with E-state index in [0.717, 1.165) is 6.07 Å². The molecule has 1 unspecified atom stereocenters. The normalized spacial score (nSPS) is 20.7. The van der Waals surface area contributed by atoms with E-state index >= 15 is 0 Å². The monoisotopic (exact) mass is 217 g/mol. The van der Waals surface area contributed by atoms with E-state index in [2.05, 4.69) is 0 Å². The van der Waals surface area contributed by atoms with Gasteiger partial charge in [0, 0.05) is 18.0 Å². The maximum Gasteiger partial charge on any atom is 0.419 e. The quantitative estimate of drug-likeness (QED) is 0.724. The fourth-order valence-electron chi connectivity index (χ4n) is 1.67. The maximum absolute atomic E-state index is 12.6. The van der Waals surface area contributed by atoms with E-state index < -0.39 is 11.7 Å². The van der Waals surface area contributed by atoms with E-state index in [4.69, 9.17) is 10.5 Å². The van der Waals surface area contributed by atoms with Crippen molar-refractivity contribution in [1.29, 1.82) is 0 Å². The van der Waals surface area contributed by atoms with Crippen LogP contribution >= 0.6 is 0 Å². The highest BCUT2D eigenvalue weighted by molar-refractivity contribution is 5.45. The van der Waals surface area contributed by atoms with Gasteiger partial charge in [0.2, 0.25) is 0 Å². The minimum absolute atomic E-state index is 0.108. The SMILES string of the molecule is NC1CCOc2c1cccc2C(F)(F)F. The van der Waals surface area contributed by atoms with E-state index in [9.17, 15) is 13.2 Å². The van der Waals surface area contributed by atoms with Crippen molar-refractivity contribution in [2.75, 3.05) is 6.61 Å². The van der Waals surface area contributed by atoms with Crippen LogP contribution in [0.15, 0.2) is 18.2 Å². The van der Waals surface area contributed by atoms with Gasteiger partial charge in [0.25, 0.3) is 0 Å². The summed E-state index contributed by atoms with van der Waals surface area (Å²) in [5, 5.41) is 0. The van der Waals surface area contributed by atoms with E-state index in [1.54, 1.807) is 6.07 Å². The summed E-state index contributed by atoms with van der Waals surface area (Å²) in [6, 6.07) is 3.58. The smallest absolute Gasteiger partial charge is 0.419 e. The number of fused-ring (bicyclic) bond motifs is 1. The van der Waals surface area contributed by atoms with E-state index in [1.165, 1.54) is 6.07 Å². The molecular weight excluding hydrogens is 207 g/mol. The fraction of sp³-hybridized carbons (Fsp3) is 0.400. The first-order valence-corrected chi connectivity index (χ1v) is 4.58. The van der Waals surface area contributed by atoms with Crippen molar-refractivity contribution in [3.05, 3.63) is 29.3 Å². The van der Waals surface area contributed by atoms with Gasteiger partial charge in [-0.15, -0.1) is 0 Å². The Labute approximate surface area is 84.8 Å². The number of rotatable bonds is 0. The maximum atomic E-state index is 12.6. The summed E-state index contributed by atoms with van der Waals surface area (Å²) in [5.74, 6) is -0.108. The van der Waals surface area contributed by atoms with Gasteiger partial charge in [0.15, 0.2) is 0 Å². The molecule has 0 amide bonds. The van der Waals surface area contributed by atoms with Crippen molar-refractivity contribution >= 4 is 0 Å². The number of benzene rings is 1. The fourth-order valence-corrected chi connectivity index (χ4v) is 1.67. The number of halogens is 3. The second-order valence-corrected chi connectivity index (χ2v) is 3.47. The first-order chi connectivity index (χ1) is 7.00. The number of para-hydroxylation sites is 1. The van der Waals surface area contributed by atoms with Gasteiger partial charge in [-0.25, -0.2) is 0 Å². The third-order valence-corrected chi connectivity index (χ3v) is 2.43. The van der Waals surface area contributed by atoms with Gasteiger partial charge >= 0.3 is 6.18 Å². The van der Waals surface area contributed by atoms with Gasteiger partial charge in [0.05, 0.1) is 12.2 Å². The summed E-state index contributed by atoms with van der Waals surface area (Å²) >= 11 is 0. The summed E-state index contributed by atoms with van der Waals surface area (Å²) in [5.41, 5.74) is 5.41. The first-order valence-electron chi connectivity index (χ1n) is 4.58. The Kier molecular flexibility index (Phi) is 2.34. The molecule has 1 aromatic carbocycles. The second kappa shape index (κ2) is 3.41. The van der Waals surface area contributed by atoms with Crippen LogP contribution in [0.25, 0.3) is 0 Å². The highest BCUT2D eigenvalue weighted by atomic mass is 19.4.